The maximum Gasteiger partial charge on any atom is 0.222 e. The van der Waals surface area contributed by atoms with E-state index in [4.69, 9.17) is 22.0 Å². The number of aliphatic hydroxyl groups excluding tert-OH is 2. The predicted octanol–water partition coefficient (Wildman–Crippen LogP) is 0.356. The summed E-state index contributed by atoms with van der Waals surface area (Å²) in [5.74, 6) is 0. The van der Waals surface area contributed by atoms with Gasteiger partial charge in [-0.25, -0.2) is 9.97 Å². The molecule has 0 aliphatic carbocycles. The predicted molar refractivity (Wildman–Crippen MR) is 48.4 cm³/mol. The van der Waals surface area contributed by atoms with Crippen LogP contribution >= 0.6 is 11.6 Å². The van der Waals surface area contributed by atoms with Crippen molar-refractivity contribution in [2.75, 3.05) is 0 Å². The lowest BCUT2D eigenvalue weighted by Gasteiger charge is -2.13. The van der Waals surface area contributed by atoms with Gasteiger partial charge in [0.1, 0.15) is 6.10 Å². The highest BCUT2D eigenvalue weighted by Crippen LogP contribution is 2.19. The molecule has 1 rings (SSSR count). The van der Waals surface area contributed by atoms with Gasteiger partial charge in [-0.15, -0.1) is 0 Å². The van der Waals surface area contributed by atoms with Gasteiger partial charge in [-0.1, -0.05) is 0 Å². The van der Waals surface area contributed by atoms with Gasteiger partial charge in [-0.05, 0) is 18.5 Å². The second-order valence-electron chi connectivity index (χ2n) is 2.70. The first-order valence-corrected chi connectivity index (χ1v) is 4.19. The summed E-state index contributed by atoms with van der Waals surface area (Å²) in [7, 11) is 0. The Labute approximate surface area is 85.6 Å². The standard InChI is InChI=1S/C8H8ClN3O2/c1-4-5(3-11-8(9)12-4)7(14)6(13)2-10/h3,6-7,13-14H,1H3. The molecule has 0 aromatic carbocycles. The minimum absolute atomic E-state index is 0.0601. The van der Waals surface area contributed by atoms with Crippen molar-refractivity contribution < 1.29 is 10.2 Å². The Morgan fingerprint density at radius 2 is 2.21 bits per heavy atom. The van der Waals surface area contributed by atoms with Crippen molar-refractivity contribution in [1.82, 2.24) is 9.97 Å². The summed E-state index contributed by atoms with van der Waals surface area (Å²) in [4.78, 5) is 7.44. The van der Waals surface area contributed by atoms with Crippen LogP contribution in [0, 0.1) is 18.3 Å². The topological polar surface area (TPSA) is 90.0 Å². The van der Waals surface area contributed by atoms with Crippen molar-refractivity contribution in [3.63, 3.8) is 0 Å². The number of aromatic nitrogens is 2. The molecule has 1 aromatic rings. The van der Waals surface area contributed by atoms with E-state index in [-0.39, 0.29) is 5.28 Å². The molecule has 1 aromatic heterocycles. The van der Waals surface area contributed by atoms with Gasteiger partial charge < -0.3 is 10.2 Å². The largest absolute Gasteiger partial charge is 0.384 e. The average Bonchev–Trinajstić information content (AvgIpc) is 2.15. The van der Waals surface area contributed by atoms with Crippen LogP contribution in [0.3, 0.4) is 0 Å². The molecule has 74 valence electrons. The maximum atomic E-state index is 9.47. The van der Waals surface area contributed by atoms with E-state index >= 15 is 0 Å². The molecule has 0 aliphatic heterocycles. The van der Waals surface area contributed by atoms with E-state index in [1.54, 1.807) is 6.92 Å². The summed E-state index contributed by atoms with van der Waals surface area (Å²) < 4.78 is 0. The second kappa shape index (κ2) is 4.33. The van der Waals surface area contributed by atoms with E-state index in [9.17, 15) is 5.11 Å². The van der Waals surface area contributed by atoms with E-state index in [0.29, 0.717) is 11.3 Å². The molecule has 2 atom stereocenters. The lowest BCUT2D eigenvalue weighted by Crippen LogP contribution is -2.17. The van der Waals surface area contributed by atoms with Gasteiger partial charge in [-0.2, -0.15) is 5.26 Å². The molecule has 0 saturated heterocycles. The van der Waals surface area contributed by atoms with Crippen LogP contribution in [0.25, 0.3) is 0 Å². The third-order valence-electron chi connectivity index (χ3n) is 1.74. The Balaban J connectivity index is 3.03. The molecule has 5 nitrogen and oxygen atoms in total. The van der Waals surface area contributed by atoms with Crippen LogP contribution in [-0.2, 0) is 0 Å². The first-order chi connectivity index (χ1) is 6.56. The second-order valence-corrected chi connectivity index (χ2v) is 3.04. The molecule has 0 bridgehead atoms. The highest BCUT2D eigenvalue weighted by molar-refractivity contribution is 6.28. The van der Waals surface area contributed by atoms with E-state index < -0.39 is 12.2 Å². The number of halogens is 1. The highest BCUT2D eigenvalue weighted by Gasteiger charge is 2.20. The highest BCUT2D eigenvalue weighted by atomic mass is 35.5. The van der Waals surface area contributed by atoms with E-state index in [0.717, 1.165) is 0 Å². The molecule has 0 fully saturated rings. The molecule has 14 heavy (non-hydrogen) atoms. The molecule has 0 saturated carbocycles. The lowest BCUT2D eigenvalue weighted by molar-refractivity contribution is 0.0518. The van der Waals surface area contributed by atoms with Gasteiger partial charge in [0.25, 0.3) is 0 Å². The van der Waals surface area contributed by atoms with Crippen molar-refractivity contribution >= 4 is 11.6 Å². The zero-order valence-corrected chi connectivity index (χ0v) is 8.10. The van der Waals surface area contributed by atoms with Gasteiger partial charge in [0.15, 0.2) is 6.10 Å². The van der Waals surface area contributed by atoms with Crippen LogP contribution in [-0.4, -0.2) is 26.3 Å². The Morgan fingerprint density at radius 3 is 2.71 bits per heavy atom. The zero-order chi connectivity index (χ0) is 10.7. The minimum atomic E-state index is -1.49. The Kier molecular flexibility index (Phi) is 3.36. The molecule has 1 heterocycles. The van der Waals surface area contributed by atoms with Gasteiger partial charge in [0, 0.05) is 17.5 Å². The summed E-state index contributed by atoms with van der Waals surface area (Å²) in [6.45, 7) is 1.61. The van der Waals surface area contributed by atoms with Gasteiger partial charge in [-0.3, -0.25) is 0 Å². The van der Waals surface area contributed by atoms with Gasteiger partial charge >= 0.3 is 0 Å². The molecular weight excluding hydrogens is 206 g/mol. The number of nitrogens with zero attached hydrogens (tertiary/aromatic N) is 3. The van der Waals surface area contributed by atoms with Crippen LogP contribution in [0.5, 0.6) is 0 Å². The number of hydrogen-bond acceptors (Lipinski definition) is 5. The fourth-order valence-corrected chi connectivity index (χ4v) is 1.15. The summed E-state index contributed by atoms with van der Waals surface area (Å²) >= 11 is 5.50. The van der Waals surface area contributed by atoms with Crippen LogP contribution < -0.4 is 0 Å². The van der Waals surface area contributed by atoms with Crippen LogP contribution in [0.15, 0.2) is 6.20 Å². The lowest BCUT2D eigenvalue weighted by atomic mass is 10.1. The fraction of sp³-hybridized carbons (Fsp3) is 0.375. The van der Waals surface area contributed by atoms with Crippen molar-refractivity contribution in [1.29, 1.82) is 5.26 Å². The smallest absolute Gasteiger partial charge is 0.222 e. The fourth-order valence-electron chi connectivity index (χ4n) is 0.979. The van der Waals surface area contributed by atoms with Crippen LogP contribution in [0.2, 0.25) is 5.28 Å². The summed E-state index contributed by atoms with van der Waals surface area (Å²) in [6, 6.07) is 1.52. The number of hydrogen-bond donors (Lipinski definition) is 2. The summed E-state index contributed by atoms with van der Waals surface area (Å²) in [5.41, 5.74) is 0.732. The minimum Gasteiger partial charge on any atom is -0.384 e. The summed E-state index contributed by atoms with van der Waals surface area (Å²) in [5, 5.41) is 27.0. The van der Waals surface area contributed by atoms with Crippen LogP contribution in [0.1, 0.15) is 17.4 Å². The van der Waals surface area contributed by atoms with Crippen molar-refractivity contribution in [3.05, 3.63) is 22.7 Å². The SMILES string of the molecule is Cc1nc(Cl)ncc1C(O)C(O)C#N. The Hall–Kier alpha value is -1.22. The first-order valence-electron chi connectivity index (χ1n) is 3.81. The monoisotopic (exact) mass is 213 g/mol. The zero-order valence-electron chi connectivity index (χ0n) is 7.35. The number of aliphatic hydroxyl groups is 2. The van der Waals surface area contributed by atoms with Gasteiger partial charge in [0.2, 0.25) is 5.28 Å². The van der Waals surface area contributed by atoms with Crippen LogP contribution in [0.4, 0.5) is 0 Å². The maximum absolute atomic E-state index is 9.47. The summed E-state index contributed by atoms with van der Waals surface area (Å²) in [6.07, 6.45) is -1.51. The average molecular weight is 214 g/mol. The third-order valence-corrected chi connectivity index (χ3v) is 1.92. The van der Waals surface area contributed by atoms with E-state index in [1.165, 1.54) is 12.3 Å². The first kappa shape index (κ1) is 10.9. The Bertz CT molecular complexity index is 377. The number of nitriles is 1. The molecular formula is C8H8ClN3O2. The number of aryl methyl sites for hydroxylation is 1. The third kappa shape index (κ3) is 2.17. The van der Waals surface area contributed by atoms with Crippen molar-refractivity contribution in [2.45, 2.75) is 19.1 Å². The van der Waals surface area contributed by atoms with E-state index in [2.05, 4.69) is 9.97 Å². The van der Waals surface area contributed by atoms with E-state index in [1.807, 2.05) is 0 Å². The van der Waals surface area contributed by atoms with Gasteiger partial charge in [0.05, 0.1) is 6.07 Å². The normalized spacial score (nSPS) is 14.5. The molecule has 6 heteroatoms. The van der Waals surface area contributed by atoms with Crippen molar-refractivity contribution in [3.8, 4) is 6.07 Å². The molecule has 0 spiro atoms. The molecule has 0 radical (unpaired) electrons. The quantitative estimate of drug-likeness (QED) is 0.547. The molecule has 0 aliphatic rings. The van der Waals surface area contributed by atoms with Crippen molar-refractivity contribution in [2.24, 2.45) is 0 Å². The molecule has 2 unspecified atom stereocenters. The number of rotatable bonds is 2. The molecule has 0 amide bonds. The molecule has 2 N–H and O–H groups in total. The Morgan fingerprint density at radius 1 is 1.57 bits per heavy atom.